The van der Waals surface area contributed by atoms with Crippen LogP contribution in [0.2, 0.25) is 5.02 Å². The Bertz CT molecular complexity index is 484. The van der Waals surface area contributed by atoms with Gasteiger partial charge in [0.15, 0.2) is 0 Å². The summed E-state index contributed by atoms with van der Waals surface area (Å²) in [5, 5.41) is 8.83. The first kappa shape index (κ1) is 15.2. The van der Waals surface area contributed by atoms with Crippen LogP contribution in [0.15, 0.2) is 18.2 Å². The molecule has 110 valence electrons. The average Bonchev–Trinajstić information content (AvgIpc) is 2.67. The van der Waals surface area contributed by atoms with Crippen LogP contribution in [0.1, 0.15) is 16.8 Å². The van der Waals surface area contributed by atoms with Gasteiger partial charge in [-0.05, 0) is 25.1 Å². The van der Waals surface area contributed by atoms with E-state index in [9.17, 15) is 9.18 Å². The van der Waals surface area contributed by atoms with E-state index >= 15 is 0 Å². The van der Waals surface area contributed by atoms with Crippen LogP contribution >= 0.6 is 11.6 Å². The lowest BCUT2D eigenvalue weighted by atomic mass is 10.2. The molecule has 1 fully saturated rings. The fourth-order valence-electron chi connectivity index (χ4n) is 2.38. The summed E-state index contributed by atoms with van der Waals surface area (Å²) in [7, 11) is 0. The lowest BCUT2D eigenvalue weighted by Crippen LogP contribution is -2.36. The van der Waals surface area contributed by atoms with Gasteiger partial charge >= 0.3 is 0 Å². The van der Waals surface area contributed by atoms with Crippen LogP contribution in [0, 0.1) is 5.82 Å². The molecule has 1 amide bonds. The van der Waals surface area contributed by atoms with Crippen LogP contribution in [-0.4, -0.2) is 60.1 Å². The van der Waals surface area contributed by atoms with Crippen molar-refractivity contribution in [2.75, 3.05) is 39.3 Å². The third-order valence-electron chi connectivity index (χ3n) is 3.47. The molecule has 1 saturated heterocycles. The van der Waals surface area contributed by atoms with E-state index in [4.69, 9.17) is 16.7 Å². The maximum atomic E-state index is 13.4. The standard InChI is InChI=1S/C14H18ClFN2O2/c15-13-11(3-1-4-12(13)16)14(20)18-6-2-5-17(7-8-18)9-10-19/h1,3-4,19H,2,5-10H2. The summed E-state index contributed by atoms with van der Waals surface area (Å²) in [5.41, 5.74) is 0.210. The number of β-amino-alcohol motifs (C(OH)–C–C–N with tert-alkyl or cyclic N) is 1. The zero-order valence-electron chi connectivity index (χ0n) is 11.2. The van der Waals surface area contributed by atoms with Crippen molar-refractivity contribution in [2.24, 2.45) is 0 Å². The molecule has 0 aliphatic carbocycles. The molecule has 1 aromatic rings. The molecule has 0 unspecified atom stereocenters. The summed E-state index contributed by atoms with van der Waals surface area (Å²) in [6, 6.07) is 4.28. The highest BCUT2D eigenvalue weighted by atomic mass is 35.5. The number of carbonyl (C=O) groups is 1. The maximum Gasteiger partial charge on any atom is 0.255 e. The van der Waals surface area contributed by atoms with Crippen molar-refractivity contribution < 1.29 is 14.3 Å². The minimum atomic E-state index is -0.575. The largest absolute Gasteiger partial charge is 0.395 e. The molecule has 1 aliphatic heterocycles. The summed E-state index contributed by atoms with van der Waals surface area (Å²) in [4.78, 5) is 16.2. The van der Waals surface area contributed by atoms with Crippen LogP contribution in [0.25, 0.3) is 0 Å². The van der Waals surface area contributed by atoms with Gasteiger partial charge in [0.1, 0.15) is 5.82 Å². The molecule has 0 radical (unpaired) electrons. The van der Waals surface area contributed by atoms with Crippen LogP contribution in [0.3, 0.4) is 0 Å². The summed E-state index contributed by atoms with van der Waals surface area (Å²) in [6.07, 6.45) is 0.832. The quantitative estimate of drug-likeness (QED) is 0.922. The fraction of sp³-hybridized carbons (Fsp3) is 0.500. The zero-order chi connectivity index (χ0) is 14.5. The minimum Gasteiger partial charge on any atom is -0.395 e. The Balaban J connectivity index is 2.07. The highest BCUT2D eigenvalue weighted by molar-refractivity contribution is 6.34. The van der Waals surface area contributed by atoms with E-state index in [0.29, 0.717) is 26.2 Å². The smallest absolute Gasteiger partial charge is 0.255 e. The zero-order valence-corrected chi connectivity index (χ0v) is 11.9. The molecule has 1 aromatic carbocycles. The second-order valence-electron chi connectivity index (χ2n) is 4.81. The molecule has 1 N–H and O–H groups in total. The number of hydrogen-bond acceptors (Lipinski definition) is 3. The van der Waals surface area contributed by atoms with Crippen LogP contribution < -0.4 is 0 Å². The molecule has 6 heteroatoms. The van der Waals surface area contributed by atoms with Gasteiger partial charge in [0.25, 0.3) is 5.91 Å². The number of amides is 1. The van der Waals surface area contributed by atoms with Crippen molar-refractivity contribution in [3.63, 3.8) is 0 Å². The summed E-state index contributed by atoms with van der Waals surface area (Å²) in [6.45, 7) is 3.46. The lowest BCUT2D eigenvalue weighted by Gasteiger charge is -2.22. The van der Waals surface area contributed by atoms with Gasteiger partial charge in [0.05, 0.1) is 17.2 Å². The van der Waals surface area contributed by atoms with Crippen LogP contribution in [0.4, 0.5) is 4.39 Å². The Hall–Kier alpha value is -1.17. The molecular formula is C14H18ClFN2O2. The van der Waals surface area contributed by atoms with E-state index in [1.165, 1.54) is 12.1 Å². The molecule has 4 nitrogen and oxygen atoms in total. The van der Waals surface area contributed by atoms with Gasteiger partial charge in [-0.15, -0.1) is 0 Å². The Labute approximate surface area is 122 Å². The molecule has 0 aromatic heterocycles. The molecule has 20 heavy (non-hydrogen) atoms. The number of benzene rings is 1. The maximum absolute atomic E-state index is 13.4. The Morgan fingerprint density at radius 3 is 2.85 bits per heavy atom. The topological polar surface area (TPSA) is 43.8 Å². The molecule has 0 bridgehead atoms. The van der Waals surface area contributed by atoms with Gasteiger partial charge in [-0.3, -0.25) is 9.69 Å². The van der Waals surface area contributed by atoms with Crippen molar-refractivity contribution in [3.05, 3.63) is 34.6 Å². The van der Waals surface area contributed by atoms with Crippen LogP contribution in [0.5, 0.6) is 0 Å². The molecule has 1 heterocycles. The highest BCUT2D eigenvalue weighted by Gasteiger charge is 2.22. The monoisotopic (exact) mass is 300 g/mol. The Kier molecular flexibility index (Phi) is 5.34. The second kappa shape index (κ2) is 7.02. The van der Waals surface area contributed by atoms with Crippen molar-refractivity contribution in [2.45, 2.75) is 6.42 Å². The van der Waals surface area contributed by atoms with Crippen molar-refractivity contribution in [1.29, 1.82) is 0 Å². The number of halogens is 2. The highest BCUT2D eigenvalue weighted by Crippen LogP contribution is 2.21. The first-order valence-electron chi connectivity index (χ1n) is 6.70. The van der Waals surface area contributed by atoms with Crippen molar-refractivity contribution in [1.82, 2.24) is 9.80 Å². The van der Waals surface area contributed by atoms with E-state index < -0.39 is 5.82 Å². The summed E-state index contributed by atoms with van der Waals surface area (Å²) < 4.78 is 13.4. The third-order valence-corrected chi connectivity index (χ3v) is 3.86. The number of nitrogens with zero attached hydrogens (tertiary/aromatic N) is 2. The number of rotatable bonds is 3. The molecular weight excluding hydrogens is 283 g/mol. The van der Waals surface area contributed by atoms with Gasteiger partial charge in [-0.1, -0.05) is 17.7 Å². The number of hydrogen-bond donors (Lipinski definition) is 1. The molecule has 0 spiro atoms. The van der Waals surface area contributed by atoms with E-state index in [1.807, 2.05) is 0 Å². The molecule has 2 rings (SSSR count). The number of carbonyl (C=O) groups excluding carboxylic acids is 1. The van der Waals surface area contributed by atoms with Gasteiger partial charge in [0.2, 0.25) is 0 Å². The van der Waals surface area contributed by atoms with Gasteiger partial charge in [-0.25, -0.2) is 4.39 Å². The van der Waals surface area contributed by atoms with E-state index in [2.05, 4.69) is 4.90 Å². The predicted octanol–water partition coefficient (Wildman–Crippen LogP) is 1.62. The molecule has 0 atom stereocenters. The molecule has 1 aliphatic rings. The summed E-state index contributed by atoms with van der Waals surface area (Å²) >= 11 is 5.86. The number of aliphatic hydroxyl groups is 1. The lowest BCUT2D eigenvalue weighted by molar-refractivity contribution is 0.0760. The minimum absolute atomic E-state index is 0.115. The van der Waals surface area contributed by atoms with E-state index in [1.54, 1.807) is 11.0 Å². The van der Waals surface area contributed by atoms with E-state index in [-0.39, 0.29) is 23.1 Å². The Morgan fingerprint density at radius 2 is 2.10 bits per heavy atom. The number of aliphatic hydroxyl groups excluding tert-OH is 1. The summed E-state index contributed by atoms with van der Waals surface area (Å²) in [5.74, 6) is -0.811. The third kappa shape index (κ3) is 3.48. The van der Waals surface area contributed by atoms with Crippen molar-refractivity contribution >= 4 is 17.5 Å². The van der Waals surface area contributed by atoms with Crippen molar-refractivity contribution in [3.8, 4) is 0 Å². The Morgan fingerprint density at radius 1 is 1.30 bits per heavy atom. The fourth-order valence-corrected chi connectivity index (χ4v) is 2.59. The van der Waals surface area contributed by atoms with Gasteiger partial charge in [0, 0.05) is 26.2 Å². The van der Waals surface area contributed by atoms with Crippen LogP contribution in [-0.2, 0) is 0 Å². The average molecular weight is 301 g/mol. The normalized spacial score (nSPS) is 17.1. The predicted molar refractivity (Wildman–Crippen MR) is 75.5 cm³/mol. The second-order valence-corrected chi connectivity index (χ2v) is 5.19. The first-order chi connectivity index (χ1) is 9.63. The first-order valence-corrected chi connectivity index (χ1v) is 7.08. The van der Waals surface area contributed by atoms with E-state index in [0.717, 1.165) is 13.0 Å². The SMILES string of the molecule is O=C(c1cccc(F)c1Cl)N1CCCN(CCO)CC1. The van der Waals surface area contributed by atoms with Gasteiger partial charge < -0.3 is 10.0 Å². The van der Waals surface area contributed by atoms with Gasteiger partial charge in [-0.2, -0.15) is 0 Å². The molecule has 0 saturated carbocycles.